The zero-order chi connectivity index (χ0) is 13.7. The topological polar surface area (TPSA) is 33.2 Å². The van der Waals surface area contributed by atoms with Crippen molar-refractivity contribution in [3.05, 3.63) is 30.1 Å². The monoisotopic (exact) mass is 278 g/mol. The molecule has 2 heterocycles. The zero-order valence-electron chi connectivity index (χ0n) is 11.7. The minimum absolute atomic E-state index is 0.287. The Morgan fingerprint density at radius 3 is 3.11 bits per heavy atom. The Labute approximate surface area is 119 Å². The fourth-order valence-corrected chi connectivity index (χ4v) is 3.56. The SMILES string of the molecule is CC(C)[C@@H]1CN(C(=O)CCc2cccnc2)CCS1. The van der Waals surface area contributed by atoms with E-state index < -0.39 is 0 Å². The minimum atomic E-state index is 0.287. The molecule has 0 unspecified atom stereocenters. The van der Waals surface area contributed by atoms with Gasteiger partial charge in [-0.15, -0.1) is 0 Å². The van der Waals surface area contributed by atoms with Gasteiger partial charge in [0.2, 0.25) is 5.91 Å². The molecule has 104 valence electrons. The number of aryl methyl sites for hydroxylation is 1. The summed E-state index contributed by atoms with van der Waals surface area (Å²) < 4.78 is 0. The molecule has 0 radical (unpaired) electrons. The number of amides is 1. The van der Waals surface area contributed by atoms with Gasteiger partial charge in [0.15, 0.2) is 0 Å². The molecule has 0 aliphatic carbocycles. The predicted molar refractivity (Wildman–Crippen MR) is 80.2 cm³/mol. The van der Waals surface area contributed by atoms with Gasteiger partial charge in [-0.2, -0.15) is 11.8 Å². The van der Waals surface area contributed by atoms with E-state index in [2.05, 4.69) is 18.8 Å². The normalized spacial score (nSPS) is 19.7. The van der Waals surface area contributed by atoms with Crippen molar-refractivity contribution >= 4 is 17.7 Å². The number of thioether (sulfide) groups is 1. The zero-order valence-corrected chi connectivity index (χ0v) is 12.5. The molecule has 1 aromatic rings. The summed E-state index contributed by atoms with van der Waals surface area (Å²) in [5.41, 5.74) is 1.14. The highest BCUT2D eigenvalue weighted by Gasteiger charge is 2.25. The maximum atomic E-state index is 12.2. The average Bonchev–Trinajstić information content (AvgIpc) is 2.46. The van der Waals surface area contributed by atoms with Crippen LogP contribution in [0, 0.1) is 5.92 Å². The molecule has 2 rings (SSSR count). The first kappa shape index (κ1) is 14.4. The largest absolute Gasteiger partial charge is 0.341 e. The molecule has 1 aromatic heterocycles. The van der Waals surface area contributed by atoms with E-state index >= 15 is 0 Å². The van der Waals surface area contributed by atoms with Gasteiger partial charge >= 0.3 is 0 Å². The van der Waals surface area contributed by atoms with Crippen molar-refractivity contribution in [1.29, 1.82) is 0 Å². The van der Waals surface area contributed by atoms with Crippen LogP contribution in [0.4, 0.5) is 0 Å². The summed E-state index contributed by atoms with van der Waals surface area (Å²) in [6.07, 6.45) is 5.00. The van der Waals surface area contributed by atoms with E-state index in [0.29, 0.717) is 17.6 Å². The van der Waals surface area contributed by atoms with Gasteiger partial charge < -0.3 is 4.90 Å². The molecule has 0 N–H and O–H groups in total. The highest BCUT2D eigenvalue weighted by molar-refractivity contribution is 8.00. The van der Waals surface area contributed by atoms with Crippen LogP contribution in [0.1, 0.15) is 25.8 Å². The van der Waals surface area contributed by atoms with Crippen LogP contribution in [0.3, 0.4) is 0 Å². The van der Waals surface area contributed by atoms with Crippen LogP contribution in [0.25, 0.3) is 0 Å². The number of hydrogen-bond acceptors (Lipinski definition) is 3. The quantitative estimate of drug-likeness (QED) is 0.849. The lowest BCUT2D eigenvalue weighted by molar-refractivity contribution is -0.131. The molecular formula is C15H22N2OS. The molecule has 1 saturated heterocycles. The maximum Gasteiger partial charge on any atom is 0.222 e. The molecule has 1 aliphatic rings. The van der Waals surface area contributed by atoms with Crippen LogP contribution >= 0.6 is 11.8 Å². The first-order valence-electron chi connectivity index (χ1n) is 6.95. The molecule has 0 saturated carbocycles. The number of rotatable bonds is 4. The standard InChI is InChI=1S/C15H22N2OS/c1-12(2)14-11-17(8-9-19-14)15(18)6-5-13-4-3-7-16-10-13/h3-4,7,10,12,14H,5-6,8-9,11H2,1-2H3/t14-/m0/s1. The van der Waals surface area contributed by atoms with Crippen LogP contribution in [0.5, 0.6) is 0 Å². The third-order valence-electron chi connectivity index (χ3n) is 3.54. The van der Waals surface area contributed by atoms with Crippen molar-refractivity contribution in [3.8, 4) is 0 Å². The van der Waals surface area contributed by atoms with E-state index in [1.165, 1.54) is 0 Å². The molecule has 1 atom stereocenters. The van der Waals surface area contributed by atoms with Gasteiger partial charge in [0.25, 0.3) is 0 Å². The smallest absolute Gasteiger partial charge is 0.222 e. The van der Waals surface area contributed by atoms with Crippen LogP contribution in [-0.4, -0.2) is 39.9 Å². The molecule has 3 nitrogen and oxygen atoms in total. The second-order valence-corrected chi connectivity index (χ2v) is 6.70. The van der Waals surface area contributed by atoms with E-state index in [1.54, 1.807) is 6.20 Å². The number of hydrogen-bond donors (Lipinski definition) is 0. The van der Waals surface area contributed by atoms with Gasteiger partial charge in [0.05, 0.1) is 0 Å². The molecule has 1 fully saturated rings. The van der Waals surface area contributed by atoms with E-state index in [1.807, 2.05) is 35.0 Å². The molecule has 1 aliphatic heterocycles. The molecule has 0 spiro atoms. The number of carbonyl (C=O) groups excluding carboxylic acids is 1. The van der Waals surface area contributed by atoms with E-state index in [9.17, 15) is 4.79 Å². The van der Waals surface area contributed by atoms with Gasteiger partial charge in [-0.1, -0.05) is 19.9 Å². The van der Waals surface area contributed by atoms with Crippen LogP contribution < -0.4 is 0 Å². The number of nitrogens with zero attached hydrogens (tertiary/aromatic N) is 2. The minimum Gasteiger partial charge on any atom is -0.341 e. The third kappa shape index (κ3) is 4.23. The lowest BCUT2D eigenvalue weighted by Crippen LogP contribution is -2.43. The first-order chi connectivity index (χ1) is 9.16. The summed E-state index contributed by atoms with van der Waals surface area (Å²) in [6, 6.07) is 3.95. The Morgan fingerprint density at radius 2 is 2.42 bits per heavy atom. The fourth-order valence-electron chi connectivity index (χ4n) is 2.26. The number of carbonyl (C=O) groups is 1. The molecular weight excluding hydrogens is 256 g/mol. The molecule has 0 bridgehead atoms. The van der Waals surface area contributed by atoms with E-state index in [4.69, 9.17) is 0 Å². The lowest BCUT2D eigenvalue weighted by Gasteiger charge is -2.34. The van der Waals surface area contributed by atoms with Crippen LogP contribution in [0.2, 0.25) is 0 Å². The Morgan fingerprint density at radius 1 is 1.58 bits per heavy atom. The third-order valence-corrected chi connectivity index (χ3v) is 5.08. The van der Waals surface area contributed by atoms with Crippen molar-refractivity contribution in [3.63, 3.8) is 0 Å². The van der Waals surface area contributed by atoms with Crippen molar-refractivity contribution in [2.24, 2.45) is 5.92 Å². The van der Waals surface area contributed by atoms with Gasteiger partial charge in [0, 0.05) is 42.9 Å². The van der Waals surface area contributed by atoms with E-state index in [-0.39, 0.29) is 5.91 Å². The van der Waals surface area contributed by atoms with Crippen molar-refractivity contribution in [2.75, 3.05) is 18.8 Å². The summed E-state index contributed by atoms with van der Waals surface area (Å²) >= 11 is 2.00. The van der Waals surface area contributed by atoms with Crippen LogP contribution in [0.15, 0.2) is 24.5 Å². The first-order valence-corrected chi connectivity index (χ1v) is 8.00. The second-order valence-electron chi connectivity index (χ2n) is 5.35. The Hall–Kier alpha value is -1.03. The Bertz CT molecular complexity index is 408. The Kier molecular flexibility index (Phi) is 5.25. The fraction of sp³-hybridized carbons (Fsp3) is 0.600. The van der Waals surface area contributed by atoms with Crippen molar-refractivity contribution in [2.45, 2.75) is 31.9 Å². The second kappa shape index (κ2) is 6.94. The van der Waals surface area contributed by atoms with Crippen molar-refractivity contribution in [1.82, 2.24) is 9.88 Å². The summed E-state index contributed by atoms with van der Waals surface area (Å²) in [5, 5.41) is 0.594. The molecule has 19 heavy (non-hydrogen) atoms. The summed E-state index contributed by atoms with van der Waals surface area (Å²) in [7, 11) is 0. The lowest BCUT2D eigenvalue weighted by atomic mass is 10.1. The van der Waals surface area contributed by atoms with Crippen molar-refractivity contribution < 1.29 is 4.79 Å². The van der Waals surface area contributed by atoms with E-state index in [0.717, 1.165) is 30.8 Å². The highest BCUT2D eigenvalue weighted by atomic mass is 32.2. The van der Waals surface area contributed by atoms with Gasteiger partial charge in [-0.05, 0) is 24.0 Å². The van der Waals surface area contributed by atoms with Crippen LogP contribution in [-0.2, 0) is 11.2 Å². The maximum absolute atomic E-state index is 12.2. The van der Waals surface area contributed by atoms with Gasteiger partial charge in [0.1, 0.15) is 0 Å². The number of pyridine rings is 1. The molecule has 4 heteroatoms. The highest BCUT2D eigenvalue weighted by Crippen LogP contribution is 2.25. The van der Waals surface area contributed by atoms with Gasteiger partial charge in [-0.25, -0.2) is 0 Å². The number of aromatic nitrogens is 1. The summed E-state index contributed by atoms with van der Waals surface area (Å²) in [5.74, 6) is 2.00. The predicted octanol–water partition coefficient (Wildman–Crippen LogP) is 2.61. The summed E-state index contributed by atoms with van der Waals surface area (Å²) in [6.45, 7) is 6.29. The molecule has 0 aromatic carbocycles. The average molecular weight is 278 g/mol. The Balaban J connectivity index is 1.83. The summed E-state index contributed by atoms with van der Waals surface area (Å²) in [4.78, 5) is 18.4. The molecule has 1 amide bonds. The van der Waals surface area contributed by atoms with Gasteiger partial charge in [-0.3, -0.25) is 9.78 Å².